The Bertz CT molecular complexity index is 450. The number of benzene rings is 1. The van der Waals surface area contributed by atoms with E-state index in [0.717, 1.165) is 11.4 Å². The summed E-state index contributed by atoms with van der Waals surface area (Å²) in [5.41, 5.74) is 3.24. The molecule has 0 saturated heterocycles. The molecular weight excluding hydrogens is 172 g/mol. The van der Waals surface area contributed by atoms with Crippen molar-refractivity contribution in [3.05, 3.63) is 47.7 Å². The molecule has 0 saturated carbocycles. The fraction of sp³-hybridized carbons (Fsp3) is 0.0833. The lowest BCUT2D eigenvalue weighted by molar-refractivity contribution is 1.12. The van der Waals surface area contributed by atoms with Gasteiger partial charge in [0.05, 0.1) is 11.8 Å². The Morgan fingerprint density at radius 1 is 1.29 bits per heavy atom. The molecule has 1 aromatic carbocycles. The monoisotopic (exact) mass is 182 g/mol. The van der Waals surface area contributed by atoms with Crippen LogP contribution in [0.3, 0.4) is 0 Å². The van der Waals surface area contributed by atoms with E-state index in [1.165, 1.54) is 5.56 Å². The topological polar surface area (TPSA) is 27.0 Å². The molecule has 1 aliphatic heterocycles. The van der Waals surface area contributed by atoms with Gasteiger partial charge in [0, 0.05) is 18.8 Å². The van der Waals surface area contributed by atoms with Gasteiger partial charge in [-0.05, 0) is 17.7 Å². The third-order valence-corrected chi connectivity index (χ3v) is 2.33. The SMILES string of the molecule is CN1C(=CC#N)C=Cc2ccccc21. The minimum atomic E-state index is 0.922. The molecule has 1 aromatic rings. The summed E-state index contributed by atoms with van der Waals surface area (Å²) in [6.45, 7) is 0. The second kappa shape index (κ2) is 3.39. The number of nitriles is 1. The quantitative estimate of drug-likeness (QED) is 0.576. The molecule has 2 rings (SSSR count). The Morgan fingerprint density at radius 3 is 2.86 bits per heavy atom. The average molecular weight is 182 g/mol. The summed E-state index contributed by atoms with van der Waals surface area (Å²) in [6, 6.07) is 10.2. The molecule has 1 aliphatic rings. The van der Waals surface area contributed by atoms with Crippen LogP contribution in [-0.4, -0.2) is 7.05 Å². The van der Waals surface area contributed by atoms with E-state index in [2.05, 4.69) is 6.07 Å². The molecule has 0 spiro atoms. The van der Waals surface area contributed by atoms with Crippen LogP contribution in [0.5, 0.6) is 0 Å². The Labute approximate surface area is 83.4 Å². The Kier molecular flexibility index (Phi) is 2.08. The van der Waals surface area contributed by atoms with E-state index in [0.29, 0.717) is 0 Å². The third kappa shape index (κ3) is 1.29. The molecule has 14 heavy (non-hydrogen) atoms. The van der Waals surface area contributed by atoms with Crippen molar-refractivity contribution in [3.63, 3.8) is 0 Å². The Morgan fingerprint density at radius 2 is 2.07 bits per heavy atom. The lowest BCUT2D eigenvalue weighted by Gasteiger charge is -2.25. The summed E-state index contributed by atoms with van der Waals surface area (Å²) in [5.74, 6) is 0. The standard InChI is InChI=1S/C12H10N2/c1-14-11(8-9-13)7-6-10-4-2-3-5-12(10)14/h2-8H,1H3. The first-order chi connectivity index (χ1) is 6.83. The van der Waals surface area contributed by atoms with Crippen LogP contribution in [0.1, 0.15) is 5.56 Å². The summed E-state index contributed by atoms with van der Waals surface area (Å²) in [5, 5.41) is 8.60. The van der Waals surface area contributed by atoms with Gasteiger partial charge in [-0.2, -0.15) is 5.26 Å². The van der Waals surface area contributed by atoms with Crippen molar-refractivity contribution < 1.29 is 0 Å². The molecule has 0 radical (unpaired) electrons. The van der Waals surface area contributed by atoms with Crippen LogP contribution in [0.25, 0.3) is 6.08 Å². The highest BCUT2D eigenvalue weighted by Crippen LogP contribution is 2.28. The highest BCUT2D eigenvalue weighted by atomic mass is 15.1. The summed E-state index contributed by atoms with van der Waals surface area (Å²) >= 11 is 0. The van der Waals surface area contributed by atoms with Gasteiger partial charge in [-0.25, -0.2) is 0 Å². The zero-order valence-electron chi connectivity index (χ0n) is 7.94. The summed E-state index contributed by atoms with van der Waals surface area (Å²) in [6.07, 6.45) is 5.52. The molecule has 0 bridgehead atoms. The van der Waals surface area contributed by atoms with Crippen molar-refractivity contribution in [3.8, 4) is 6.07 Å². The summed E-state index contributed by atoms with van der Waals surface area (Å²) < 4.78 is 0. The van der Waals surface area contributed by atoms with Crippen LogP contribution in [-0.2, 0) is 0 Å². The first-order valence-corrected chi connectivity index (χ1v) is 4.43. The first kappa shape index (κ1) is 8.58. The van der Waals surface area contributed by atoms with Crippen molar-refractivity contribution in [1.82, 2.24) is 0 Å². The fourth-order valence-corrected chi connectivity index (χ4v) is 1.57. The number of fused-ring (bicyclic) bond motifs is 1. The predicted octanol–water partition coefficient (Wildman–Crippen LogP) is 2.56. The first-order valence-electron chi connectivity index (χ1n) is 4.43. The molecule has 0 aromatic heterocycles. The predicted molar refractivity (Wildman–Crippen MR) is 57.6 cm³/mol. The number of rotatable bonds is 0. The molecular formula is C12H10N2. The highest BCUT2D eigenvalue weighted by Gasteiger charge is 2.11. The van der Waals surface area contributed by atoms with E-state index in [-0.39, 0.29) is 0 Å². The van der Waals surface area contributed by atoms with Gasteiger partial charge in [0.2, 0.25) is 0 Å². The average Bonchev–Trinajstić information content (AvgIpc) is 2.23. The van der Waals surface area contributed by atoms with Gasteiger partial charge in [0.25, 0.3) is 0 Å². The van der Waals surface area contributed by atoms with Crippen molar-refractivity contribution in [1.29, 1.82) is 5.26 Å². The third-order valence-electron chi connectivity index (χ3n) is 2.33. The van der Waals surface area contributed by atoms with Crippen molar-refractivity contribution in [2.24, 2.45) is 0 Å². The van der Waals surface area contributed by atoms with E-state index in [1.807, 2.05) is 48.4 Å². The maximum absolute atomic E-state index is 8.60. The molecule has 0 atom stereocenters. The molecule has 68 valence electrons. The molecule has 0 unspecified atom stereocenters. The van der Waals surface area contributed by atoms with Crippen molar-refractivity contribution in [2.45, 2.75) is 0 Å². The van der Waals surface area contributed by atoms with Crippen LogP contribution in [0.4, 0.5) is 5.69 Å². The van der Waals surface area contributed by atoms with Gasteiger partial charge in [0.15, 0.2) is 0 Å². The Balaban J connectivity index is 2.51. The number of para-hydroxylation sites is 1. The zero-order valence-corrected chi connectivity index (χ0v) is 7.94. The van der Waals surface area contributed by atoms with Gasteiger partial charge < -0.3 is 4.90 Å². The lowest BCUT2D eigenvalue weighted by atomic mass is 10.1. The van der Waals surface area contributed by atoms with Crippen LogP contribution in [0.2, 0.25) is 0 Å². The molecule has 1 heterocycles. The smallest absolute Gasteiger partial charge is 0.0933 e. The van der Waals surface area contributed by atoms with E-state index in [1.54, 1.807) is 6.08 Å². The number of hydrogen-bond acceptors (Lipinski definition) is 2. The van der Waals surface area contributed by atoms with Gasteiger partial charge in [-0.1, -0.05) is 24.3 Å². The Hall–Kier alpha value is -2.01. The molecule has 0 N–H and O–H groups in total. The van der Waals surface area contributed by atoms with E-state index < -0.39 is 0 Å². The van der Waals surface area contributed by atoms with Crippen molar-refractivity contribution in [2.75, 3.05) is 11.9 Å². The van der Waals surface area contributed by atoms with Gasteiger partial charge >= 0.3 is 0 Å². The maximum Gasteiger partial charge on any atom is 0.0933 e. The van der Waals surface area contributed by atoms with Gasteiger partial charge in [-0.15, -0.1) is 0 Å². The van der Waals surface area contributed by atoms with Crippen molar-refractivity contribution >= 4 is 11.8 Å². The zero-order chi connectivity index (χ0) is 9.97. The number of allylic oxidation sites excluding steroid dienone is 2. The van der Waals surface area contributed by atoms with Gasteiger partial charge in [-0.3, -0.25) is 0 Å². The fourth-order valence-electron chi connectivity index (χ4n) is 1.57. The van der Waals surface area contributed by atoms with Gasteiger partial charge in [0.1, 0.15) is 0 Å². The number of hydrogen-bond donors (Lipinski definition) is 0. The molecule has 2 heteroatoms. The van der Waals surface area contributed by atoms with E-state index in [9.17, 15) is 0 Å². The minimum absolute atomic E-state index is 0.922. The van der Waals surface area contributed by atoms with E-state index >= 15 is 0 Å². The minimum Gasteiger partial charge on any atom is -0.344 e. The number of anilines is 1. The second-order valence-corrected chi connectivity index (χ2v) is 3.15. The summed E-state index contributed by atoms with van der Waals surface area (Å²) in [7, 11) is 1.96. The normalized spacial score (nSPS) is 16.6. The molecule has 0 amide bonds. The molecule has 0 aliphatic carbocycles. The molecule has 2 nitrogen and oxygen atoms in total. The largest absolute Gasteiger partial charge is 0.344 e. The van der Waals surface area contributed by atoms with Crippen LogP contribution >= 0.6 is 0 Å². The number of nitrogens with zero attached hydrogens (tertiary/aromatic N) is 2. The lowest BCUT2D eigenvalue weighted by Crippen LogP contribution is -2.18. The van der Waals surface area contributed by atoms with E-state index in [4.69, 9.17) is 5.26 Å². The van der Waals surface area contributed by atoms with Crippen LogP contribution < -0.4 is 4.90 Å². The maximum atomic E-state index is 8.60. The summed E-state index contributed by atoms with van der Waals surface area (Å²) in [4.78, 5) is 2.01. The van der Waals surface area contributed by atoms with Crippen LogP contribution in [0.15, 0.2) is 42.1 Å². The highest BCUT2D eigenvalue weighted by molar-refractivity contribution is 5.76. The van der Waals surface area contributed by atoms with Crippen LogP contribution in [0, 0.1) is 11.3 Å². The molecule has 0 fully saturated rings. The second-order valence-electron chi connectivity index (χ2n) is 3.15. The number of likely N-dealkylation sites (N-methyl/N-ethyl adjacent to an activating group) is 1.